The second-order valence-corrected chi connectivity index (χ2v) is 21.9. The average Bonchev–Trinajstić information content (AvgIpc) is 1.72. The van der Waals surface area contributed by atoms with E-state index in [1.807, 2.05) is 0 Å². The monoisotopic (exact) mass is 1180 g/mol. The number of rotatable bonds is 0. The van der Waals surface area contributed by atoms with Crippen molar-refractivity contribution in [2.75, 3.05) is 190 Å². The lowest BCUT2D eigenvalue weighted by molar-refractivity contribution is 0.0145. The second-order valence-electron chi connectivity index (χ2n) is 21.9. The van der Waals surface area contributed by atoms with Crippen LogP contribution < -0.4 is 31.9 Å². The van der Waals surface area contributed by atoms with Crippen molar-refractivity contribution >= 4 is 98.8 Å². The highest BCUT2D eigenvalue weighted by Gasteiger charge is 2.11. The predicted octanol–water partition coefficient (Wildman–Crippen LogP) is 14.0. The molecular formula is C72H90N6O9. The maximum Gasteiger partial charge on any atom is 0.0701 e. The first-order valence-corrected chi connectivity index (χ1v) is 31.7. The minimum Gasteiger partial charge on any atom is -0.384 e. The van der Waals surface area contributed by atoms with E-state index in [4.69, 9.17) is 42.6 Å². The van der Waals surface area contributed by atoms with E-state index in [-0.39, 0.29) is 0 Å². The number of ether oxygens (including phenoxy) is 9. The Kier molecular flexibility index (Phi) is 25.9. The van der Waals surface area contributed by atoms with Gasteiger partial charge in [-0.1, -0.05) is 72.8 Å². The van der Waals surface area contributed by atoms with Crippen molar-refractivity contribution < 1.29 is 42.6 Å². The molecule has 87 heavy (non-hydrogen) atoms. The van der Waals surface area contributed by atoms with Crippen LogP contribution >= 0.6 is 0 Å². The molecule has 6 N–H and O–H groups in total. The summed E-state index contributed by atoms with van der Waals surface area (Å²) in [4.78, 5) is 0. The molecule has 6 aliphatic heterocycles. The van der Waals surface area contributed by atoms with Crippen LogP contribution in [0.5, 0.6) is 0 Å². The normalized spacial score (nSPS) is 17.8. The number of benzene rings is 9. The molecule has 9 aromatic rings. The molecule has 0 radical (unpaired) electrons. The van der Waals surface area contributed by atoms with Gasteiger partial charge in [-0.15, -0.1) is 0 Å². The highest BCUT2D eigenvalue weighted by molar-refractivity contribution is 6.10. The van der Waals surface area contributed by atoms with Crippen LogP contribution in [0, 0.1) is 0 Å². The second kappa shape index (κ2) is 35.7. The largest absolute Gasteiger partial charge is 0.384 e. The molecule has 0 aromatic heterocycles. The molecule has 0 spiro atoms. The van der Waals surface area contributed by atoms with Gasteiger partial charge in [-0.05, 0) is 144 Å². The van der Waals surface area contributed by atoms with E-state index in [9.17, 15) is 0 Å². The van der Waals surface area contributed by atoms with Crippen molar-refractivity contribution in [3.8, 4) is 0 Å². The summed E-state index contributed by atoms with van der Waals surface area (Å²) in [6.07, 6.45) is 5.36. The Morgan fingerprint density at radius 2 is 0.333 bits per heavy atom. The Labute approximate surface area is 513 Å². The van der Waals surface area contributed by atoms with Crippen LogP contribution in [-0.2, 0) is 42.6 Å². The minimum absolute atomic E-state index is 0.549. The molecule has 18 bridgehead atoms. The molecule has 6 heterocycles. The summed E-state index contributed by atoms with van der Waals surface area (Å²) in [5, 5.41) is 36.4. The van der Waals surface area contributed by atoms with Crippen LogP contribution in [-0.4, -0.2) is 158 Å². The molecule has 6 aliphatic rings. The third kappa shape index (κ3) is 19.5. The first-order chi connectivity index (χ1) is 43.2. The van der Waals surface area contributed by atoms with Gasteiger partial charge in [-0.3, -0.25) is 0 Å². The zero-order chi connectivity index (χ0) is 59.2. The van der Waals surface area contributed by atoms with E-state index in [1.165, 1.54) is 64.6 Å². The molecule has 0 saturated carbocycles. The van der Waals surface area contributed by atoms with Gasteiger partial charge in [0.15, 0.2) is 0 Å². The van der Waals surface area contributed by atoms with Gasteiger partial charge >= 0.3 is 0 Å². The van der Waals surface area contributed by atoms with Gasteiger partial charge in [-0.25, -0.2) is 0 Å². The summed E-state index contributed by atoms with van der Waals surface area (Å²) in [6, 6.07) is 52.6. The molecule has 15 nitrogen and oxygen atoms in total. The van der Waals surface area contributed by atoms with Crippen LogP contribution in [0.3, 0.4) is 0 Å². The van der Waals surface area contributed by atoms with E-state index in [0.29, 0.717) is 119 Å². The minimum atomic E-state index is 0.549. The third-order valence-corrected chi connectivity index (χ3v) is 15.6. The van der Waals surface area contributed by atoms with Gasteiger partial charge in [0.2, 0.25) is 0 Å². The average molecular weight is 1180 g/mol. The lowest BCUT2D eigenvalue weighted by Crippen LogP contribution is -2.12. The van der Waals surface area contributed by atoms with E-state index in [1.54, 1.807) is 0 Å². The molecule has 462 valence electrons. The van der Waals surface area contributed by atoms with Gasteiger partial charge in [-0.2, -0.15) is 0 Å². The molecule has 0 fully saturated rings. The molecular weight excluding hydrogens is 1090 g/mol. The lowest BCUT2D eigenvalue weighted by atomic mass is 10.0. The summed E-state index contributed by atoms with van der Waals surface area (Å²) < 4.78 is 52.8. The van der Waals surface area contributed by atoms with Crippen LogP contribution in [0.15, 0.2) is 146 Å². The molecule has 0 amide bonds. The van der Waals surface area contributed by atoms with Crippen molar-refractivity contribution in [3.05, 3.63) is 146 Å². The summed E-state index contributed by atoms with van der Waals surface area (Å²) in [6.45, 7) is 15.6. The summed E-state index contributed by atoms with van der Waals surface area (Å²) in [7, 11) is 0. The smallest absolute Gasteiger partial charge is 0.0701 e. The molecule has 0 saturated heterocycles. The Bertz CT molecular complexity index is 2920. The van der Waals surface area contributed by atoms with E-state index < -0.39 is 0 Å². The Hall–Kier alpha value is -7.02. The fourth-order valence-electron chi connectivity index (χ4n) is 11.1. The lowest BCUT2D eigenvalue weighted by Gasteiger charge is -2.14. The van der Waals surface area contributed by atoms with Gasteiger partial charge in [0.25, 0.3) is 0 Å². The molecule has 0 atom stereocenters. The number of nitrogens with one attached hydrogen (secondary N) is 6. The molecule has 15 heteroatoms. The first-order valence-electron chi connectivity index (χ1n) is 31.7. The van der Waals surface area contributed by atoms with E-state index >= 15 is 0 Å². The zero-order valence-electron chi connectivity index (χ0n) is 50.7. The quantitative estimate of drug-likeness (QED) is 0.0797. The Balaban J connectivity index is 0.659. The molecule has 0 aliphatic carbocycles. The van der Waals surface area contributed by atoms with E-state index in [0.717, 1.165) is 112 Å². The van der Waals surface area contributed by atoms with Crippen LogP contribution in [0.25, 0.3) is 64.6 Å². The SMILES string of the molecule is c1cc2c3cc4cccc(c4cc3c1)NCCCOCCOCCOCCCNc1cccc3cc4c(cccc4cc13)NCCCOCCOCCOCCCNc1cccc3cc4c(cccc4cc13)NCCCOCCOCCOCCCN2. The van der Waals surface area contributed by atoms with Gasteiger partial charge in [0, 0.05) is 145 Å². The van der Waals surface area contributed by atoms with Crippen molar-refractivity contribution in [1.82, 2.24) is 0 Å². The highest BCUT2D eigenvalue weighted by atomic mass is 16.6. The van der Waals surface area contributed by atoms with Crippen molar-refractivity contribution in [2.45, 2.75) is 38.5 Å². The molecule has 9 aromatic carbocycles. The van der Waals surface area contributed by atoms with Crippen LogP contribution in [0.4, 0.5) is 34.1 Å². The van der Waals surface area contributed by atoms with Gasteiger partial charge in [0.1, 0.15) is 0 Å². The van der Waals surface area contributed by atoms with Crippen LogP contribution in [0.2, 0.25) is 0 Å². The Morgan fingerprint density at radius 1 is 0.184 bits per heavy atom. The van der Waals surface area contributed by atoms with Crippen molar-refractivity contribution in [2.24, 2.45) is 0 Å². The summed E-state index contributed by atoms with van der Waals surface area (Å²) in [5.41, 5.74) is 6.79. The molecule has 15 rings (SSSR count). The maximum atomic E-state index is 5.90. The number of hydrogen-bond donors (Lipinski definition) is 6. The standard InChI is InChI=1S/C72H90N6O9/c1-13-55-49-62-56-14-2-20-68(62)74-26-8-32-80-38-45-86-46-40-82-34-10-28-76-70-22-5-17-59-54-66-60(53-65(59)70)18-6-24-72(66)78-30-12-36-84-42-48-87-47-41-83-35-11-29-77-71-23-4-16-58-51-63-57(52-64(58)71)15-3-21-69(63)75-27-9-33-81-39-44-85-43-37-79-31-7-25-73-67(19-1)61(55)50-56/h1-6,13-24,49-54,73-78H,7-12,25-48H2. The maximum absolute atomic E-state index is 5.90. The third-order valence-electron chi connectivity index (χ3n) is 15.6. The van der Waals surface area contributed by atoms with E-state index in [2.05, 4.69) is 177 Å². The summed E-state index contributed by atoms with van der Waals surface area (Å²) >= 11 is 0. The van der Waals surface area contributed by atoms with Gasteiger partial charge in [0.05, 0.1) is 79.3 Å². The zero-order valence-corrected chi connectivity index (χ0v) is 50.7. The predicted molar refractivity (Wildman–Crippen MR) is 360 cm³/mol. The Morgan fingerprint density at radius 3 is 0.494 bits per heavy atom. The van der Waals surface area contributed by atoms with Crippen LogP contribution in [0.1, 0.15) is 38.5 Å². The molecule has 0 unspecified atom stereocenters. The fourth-order valence-corrected chi connectivity index (χ4v) is 11.1. The van der Waals surface area contributed by atoms with Crippen molar-refractivity contribution in [3.63, 3.8) is 0 Å². The van der Waals surface area contributed by atoms with Crippen molar-refractivity contribution in [1.29, 1.82) is 0 Å². The summed E-state index contributed by atoms with van der Waals surface area (Å²) in [5.74, 6) is 0. The highest BCUT2D eigenvalue weighted by Crippen LogP contribution is 2.35. The van der Waals surface area contributed by atoms with Gasteiger partial charge < -0.3 is 74.5 Å². The topological polar surface area (TPSA) is 155 Å². The number of hydrogen-bond acceptors (Lipinski definition) is 15. The first kappa shape index (κ1) is 63.0. The fraction of sp³-hybridized carbons (Fsp3) is 0.417. The number of anilines is 6.